The fourth-order valence-corrected chi connectivity index (χ4v) is 3.14. The van der Waals surface area contributed by atoms with E-state index in [4.69, 9.17) is 4.74 Å². The zero-order chi connectivity index (χ0) is 13.0. The summed E-state index contributed by atoms with van der Waals surface area (Å²) in [5.41, 5.74) is 1.22. The Kier molecular flexibility index (Phi) is 2.22. The van der Waals surface area contributed by atoms with Gasteiger partial charge in [-0.1, -0.05) is 0 Å². The average Bonchev–Trinajstić information content (AvgIpc) is 3.12. The van der Waals surface area contributed by atoms with Gasteiger partial charge in [0.15, 0.2) is 0 Å². The van der Waals surface area contributed by atoms with Crippen molar-refractivity contribution in [3.05, 3.63) is 29.3 Å². The van der Waals surface area contributed by atoms with Crippen molar-refractivity contribution in [1.82, 2.24) is 4.90 Å². The highest BCUT2D eigenvalue weighted by molar-refractivity contribution is 5.95. The molecule has 4 heteroatoms. The number of hydrogen-bond donors (Lipinski definition) is 1. The smallest absolute Gasteiger partial charge is 0.254 e. The largest absolute Gasteiger partial charge is 0.493 e. The van der Waals surface area contributed by atoms with Crippen molar-refractivity contribution in [2.24, 2.45) is 5.92 Å². The molecule has 0 bridgehead atoms. The second-order valence-corrected chi connectivity index (χ2v) is 5.96. The summed E-state index contributed by atoms with van der Waals surface area (Å²) in [5.74, 6) is 1.35. The van der Waals surface area contributed by atoms with Crippen LogP contribution in [0.1, 0.15) is 28.8 Å². The summed E-state index contributed by atoms with van der Waals surface area (Å²) in [4.78, 5) is 14.1. The highest BCUT2D eigenvalue weighted by Gasteiger charge is 2.53. The second kappa shape index (κ2) is 3.73. The van der Waals surface area contributed by atoms with Crippen LogP contribution in [-0.2, 0) is 6.42 Å². The van der Waals surface area contributed by atoms with Crippen LogP contribution in [0.25, 0.3) is 0 Å². The SMILES string of the molecule is O=C(c1ccc2c(c1)CCO2)N1CC(O)(C2CC2)C1. The Balaban J connectivity index is 1.49. The standard InChI is InChI=1S/C15H17NO3/c17-14(16-8-15(18,9-16)12-2-3-12)11-1-4-13-10(7-11)5-6-19-13/h1,4,7,12,18H,2-3,5-6,8-9H2. The van der Waals surface area contributed by atoms with Crippen molar-refractivity contribution in [3.63, 3.8) is 0 Å². The van der Waals surface area contributed by atoms with E-state index in [2.05, 4.69) is 0 Å². The summed E-state index contributed by atoms with van der Waals surface area (Å²) in [7, 11) is 0. The maximum absolute atomic E-state index is 12.3. The van der Waals surface area contributed by atoms with E-state index in [1.807, 2.05) is 18.2 Å². The van der Waals surface area contributed by atoms with Gasteiger partial charge < -0.3 is 14.7 Å². The van der Waals surface area contributed by atoms with Crippen molar-refractivity contribution < 1.29 is 14.6 Å². The minimum Gasteiger partial charge on any atom is -0.493 e. The normalized spacial score (nSPS) is 23.5. The lowest BCUT2D eigenvalue weighted by molar-refractivity contribution is -0.0958. The van der Waals surface area contributed by atoms with Crippen molar-refractivity contribution in [3.8, 4) is 5.75 Å². The molecule has 3 aliphatic rings. The summed E-state index contributed by atoms with van der Waals surface area (Å²) in [6.07, 6.45) is 3.09. The average molecular weight is 259 g/mol. The van der Waals surface area contributed by atoms with Gasteiger partial charge in [0.25, 0.3) is 5.91 Å². The highest BCUT2D eigenvalue weighted by Crippen LogP contribution is 2.44. The fourth-order valence-electron chi connectivity index (χ4n) is 3.14. The predicted molar refractivity (Wildman–Crippen MR) is 69.2 cm³/mol. The molecule has 1 saturated heterocycles. The molecule has 1 saturated carbocycles. The van der Waals surface area contributed by atoms with Crippen molar-refractivity contribution in [2.45, 2.75) is 24.9 Å². The summed E-state index contributed by atoms with van der Waals surface area (Å²) in [6, 6.07) is 5.63. The molecule has 0 spiro atoms. The zero-order valence-electron chi connectivity index (χ0n) is 10.8. The highest BCUT2D eigenvalue weighted by atomic mass is 16.5. The van der Waals surface area contributed by atoms with Crippen LogP contribution in [0, 0.1) is 5.92 Å². The molecule has 1 amide bonds. The van der Waals surface area contributed by atoms with Crippen LogP contribution < -0.4 is 4.74 Å². The fraction of sp³-hybridized carbons (Fsp3) is 0.533. The van der Waals surface area contributed by atoms with Gasteiger partial charge in [-0.15, -0.1) is 0 Å². The molecule has 19 heavy (non-hydrogen) atoms. The Labute approximate surface area is 112 Å². The van der Waals surface area contributed by atoms with Crippen LogP contribution in [0.3, 0.4) is 0 Å². The maximum atomic E-state index is 12.3. The minimum atomic E-state index is -0.602. The lowest BCUT2D eigenvalue weighted by Crippen LogP contribution is -2.64. The zero-order valence-corrected chi connectivity index (χ0v) is 10.8. The van der Waals surface area contributed by atoms with Crippen molar-refractivity contribution in [2.75, 3.05) is 19.7 Å². The molecule has 2 aliphatic heterocycles. The van der Waals surface area contributed by atoms with E-state index >= 15 is 0 Å². The van der Waals surface area contributed by atoms with Gasteiger partial charge in [0.05, 0.1) is 19.7 Å². The van der Waals surface area contributed by atoms with Crippen LogP contribution in [0.2, 0.25) is 0 Å². The number of fused-ring (bicyclic) bond motifs is 1. The molecule has 1 aliphatic carbocycles. The Morgan fingerprint density at radius 3 is 2.89 bits per heavy atom. The molecule has 1 N–H and O–H groups in total. The first-order valence-corrected chi connectivity index (χ1v) is 6.93. The number of benzene rings is 1. The first-order chi connectivity index (χ1) is 9.16. The van der Waals surface area contributed by atoms with Gasteiger partial charge in [-0.25, -0.2) is 0 Å². The third kappa shape index (κ3) is 1.74. The summed E-state index contributed by atoms with van der Waals surface area (Å²) < 4.78 is 5.44. The molecule has 0 aromatic heterocycles. The Hall–Kier alpha value is -1.55. The van der Waals surface area contributed by atoms with E-state index in [9.17, 15) is 9.90 Å². The minimum absolute atomic E-state index is 0.0278. The molecular formula is C15H17NO3. The summed E-state index contributed by atoms with van der Waals surface area (Å²) in [5, 5.41) is 10.3. The molecule has 4 nitrogen and oxygen atoms in total. The number of carbonyl (C=O) groups excluding carboxylic acids is 1. The third-order valence-corrected chi connectivity index (χ3v) is 4.49. The van der Waals surface area contributed by atoms with Gasteiger partial charge in [0.1, 0.15) is 11.4 Å². The van der Waals surface area contributed by atoms with Gasteiger partial charge in [-0.05, 0) is 42.5 Å². The predicted octanol–water partition coefficient (Wildman–Crippen LogP) is 1.22. The number of nitrogens with zero attached hydrogens (tertiary/aromatic N) is 1. The molecule has 4 rings (SSSR count). The van der Waals surface area contributed by atoms with E-state index in [1.165, 1.54) is 0 Å². The lowest BCUT2D eigenvalue weighted by Gasteiger charge is -2.47. The second-order valence-electron chi connectivity index (χ2n) is 5.96. The van der Waals surface area contributed by atoms with E-state index in [0.717, 1.165) is 30.6 Å². The van der Waals surface area contributed by atoms with E-state index in [1.54, 1.807) is 4.90 Å². The molecule has 0 atom stereocenters. The molecule has 0 radical (unpaired) electrons. The quantitative estimate of drug-likeness (QED) is 0.868. The lowest BCUT2D eigenvalue weighted by atomic mass is 9.88. The van der Waals surface area contributed by atoms with Crippen LogP contribution in [0.5, 0.6) is 5.75 Å². The van der Waals surface area contributed by atoms with Crippen LogP contribution in [0.4, 0.5) is 0 Å². The van der Waals surface area contributed by atoms with Crippen molar-refractivity contribution >= 4 is 5.91 Å². The van der Waals surface area contributed by atoms with E-state index in [-0.39, 0.29) is 5.91 Å². The first kappa shape index (κ1) is 11.3. The topological polar surface area (TPSA) is 49.8 Å². The Bertz CT molecular complexity index is 544. The number of carbonyl (C=O) groups is 1. The van der Waals surface area contributed by atoms with Gasteiger partial charge >= 0.3 is 0 Å². The van der Waals surface area contributed by atoms with E-state index in [0.29, 0.717) is 31.2 Å². The number of amides is 1. The monoisotopic (exact) mass is 259 g/mol. The Morgan fingerprint density at radius 1 is 1.37 bits per heavy atom. The van der Waals surface area contributed by atoms with E-state index < -0.39 is 5.60 Å². The van der Waals surface area contributed by atoms with Crippen molar-refractivity contribution in [1.29, 1.82) is 0 Å². The van der Waals surface area contributed by atoms with Gasteiger partial charge in [0, 0.05) is 12.0 Å². The first-order valence-electron chi connectivity index (χ1n) is 6.93. The number of aliphatic hydroxyl groups is 1. The number of ether oxygens (including phenoxy) is 1. The van der Waals surface area contributed by atoms with Gasteiger partial charge in [-0.2, -0.15) is 0 Å². The number of likely N-dealkylation sites (tertiary alicyclic amines) is 1. The molecule has 2 heterocycles. The van der Waals surface area contributed by atoms with Crippen LogP contribution in [-0.4, -0.2) is 41.2 Å². The third-order valence-electron chi connectivity index (χ3n) is 4.49. The summed E-state index contributed by atoms with van der Waals surface area (Å²) in [6.45, 7) is 1.69. The van der Waals surface area contributed by atoms with Crippen LogP contribution >= 0.6 is 0 Å². The van der Waals surface area contributed by atoms with Gasteiger partial charge in [-0.3, -0.25) is 4.79 Å². The maximum Gasteiger partial charge on any atom is 0.254 e. The van der Waals surface area contributed by atoms with Gasteiger partial charge in [0.2, 0.25) is 0 Å². The molecule has 100 valence electrons. The molecular weight excluding hydrogens is 242 g/mol. The van der Waals surface area contributed by atoms with Crippen LogP contribution in [0.15, 0.2) is 18.2 Å². The number of hydrogen-bond acceptors (Lipinski definition) is 3. The Morgan fingerprint density at radius 2 is 2.16 bits per heavy atom. The molecule has 0 unspecified atom stereocenters. The molecule has 1 aromatic rings. The number of rotatable bonds is 2. The summed E-state index contributed by atoms with van der Waals surface area (Å²) >= 11 is 0. The molecule has 1 aromatic carbocycles. The molecule has 2 fully saturated rings. The number of β-amino-alcohol motifs (C(OH)–C–C–N with tert-alkyl or cyclic N) is 1.